The minimum atomic E-state index is -0.284. The van der Waals surface area contributed by atoms with Crippen LogP contribution in [-0.2, 0) is 4.74 Å². The van der Waals surface area contributed by atoms with E-state index in [2.05, 4.69) is 4.99 Å². The molecule has 0 radical (unpaired) electrons. The first-order chi connectivity index (χ1) is 7.24. The van der Waals surface area contributed by atoms with Crippen molar-refractivity contribution in [1.82, 2.24) is 0 Å². The van der Waals surface area contributed by atoms with Crippen molar-refractivity contribution in [2.24, 2.45) is 10.7 Å². The fourth-order valence-electron chi connectivity index (χ4n) is 1.24. The van der Waals surface area contributed by atoms with Gasteiger partial charge in [-0.2, -0.15) is 0 Å². The van der Waals surface area contributed by atoms with E-state index in [1.54, 1.807) is 12.1 Å². The van der Waals surface area contributed by atoms with Crippen LogP contribution in [0.5, 0.6) is 5.75 Å². The summed E-state index contributed by atoms with van der Waals surface area (Å²) in [5.41, 5.74) is 5.34. The van der Waals surface area contributed by atoms with Gasteiger partial charge in [0.15, 0.2) is 0 Å². The summed E-state index contributed by atoms with van der Waals surface area (Å²) in [6.07, 6.45) is 0. The highest BCUT2D eigenvalue weighted by atomic mass is 19.1. The van der Waals surface area contributed by atoms with Crippen LogP contribution in [0.4, 0.5) is 4.39 Å². The Morgan fingerprint density at radius 1 is 1.47 bits per heavy atom. The molecule has 0 saturated heterocycles. The quantitative estimate of drug-likeness (QED) is 0.807. The van der Waals surface area contributed by atoms with Crippen molar-refractivity contribution in [2.75, 3.05) is 13.2 Å². The number of amidine groups is 1. The highest BCUT2D eigenvalue weighted by molar-refractivity contribution is 5.73. The van der Waals surface area contributed by atoms with E-state index in [0.29, 0.717) is 19.0 Å². The molecule has 1 aliphatic rings. The van der Waals surface area contributed by atoms with E-state index in [4.69, 9.17) is 15.2 Å². The first kappa shape index (κ1) is 9.76. The highest BCUT2D eigenvalue weighted by Gasteiger charge is 2.16. The topological polar surface area (TPSA) is 56.8 Å². The molecule has 2 rings (SSSR count). The van der Waals surface area contributed by atoms with E-state index in [1.807, 2.05) is 0 Å². The Balaban J connectivity index is 1.86. The van der Waals surface area contributed by atoms with Gasteiger partial charge in [0.2, 0.25) is 0 Å². The molecule has 1 unspecified atom stereocenters. The third kappa shape index (κ3) is 2.59. The molecule has 0 aromatic heterocycles. The van der Waals surface area contributed by atoms with Gasteiger partial charge in [0.25, 0.3) is 6.02 Å². The summed E-state index contributed by atoms with van der Waals surface area (Å²) in [7, 11) is 0. The molecule has 1 aliphatic heterocycles. The second-order valence-corrected chi connectivity index (χ2v) is 3.20. The van der Waals surface area contributed by atoms with Gasteiger partial charge in [-0.3, -0.25) is 0 Å². The Morgan fingerprint density at radius 2 is 2.20 bits per heavy atom. The van der Waals surface area contributed by atoms with Crippen molar-refractivity contribution < 1.29 is 13.9 Å². The summed E-state index contributed by atoms with van der Waals surface area (Å²) in [4.78, 5) is 3.99. The van der Waals surface area contributed by atoms with Crippen LogP contribution in [0.15, 0.2) is 29.3 Å². The van der Waals surface area contributed by atoms with E-state index in [1.165, 1.54) is 12.1 Å². The average Bonchev–Trinajstić information content (AvgIpc) is 2.64. The molecular weight excluding hydrogens is 199 g/mol. The molecule has 1 heterocycles. The van der Waals surface area contributed by atoms with Gasteiger partial charge in [-0.25, -0.2) is 9.38 Å². The zero-order chi connectivity index (χ0) is 10.7. The highest BCUT2D eigenvalue weighted by Crippen LogP contribution is 2.12. The molecule has 0 amide bonds. The fraction of sp³-hybridized carbons (Fsp3) is 0.300. The number of hydrogen-bond donors (Lipinski definition) is 1. The molecule has 0 aliphatic carbocycles. The van der Waals surface area contributed by atoms with Crippen LogP contribution in [-0.4, -0.2) is 25.3 Å². The normalized spacial score (nSPS) is 19.5. The molecule has 1 aromatic carbocycles. The Morgan fingerprint density at radius 3 is 2.80 bits per heavy atom. The van der Waals surface area contributed by atoms with Gasteiger partial charge in [0.1, 0.15) is 30.8 Å². The van der Waals surface area contributed by atoms with E-state index < -0.39 is 0 Å². The van der Waals surface area contributed by atoms with Crippen LogP contribution in [0.1, 0.15) is 0 Å². The van der Waals surface area contributed by atoms with Gasteiger partial charge in [-0.05, 0) is 24.3 Å². The summed E-state index contributed by atoms with van der Waals surface area (Å²) in [5, 5.41) is 0. The zero-order valence-corrected chi connectivity index (χ0v) is 8.02. The maximum absolute atomic E-state index is 12.6. The maximum Gasteiger partial charge on any atom is 0.282 e. The summed E-state index contributed by atoms with van der Waals surface area (Å²) in [6.45, 7) is 0.819. The largest absolute Gasteiger partial charge is 0.491 e. The molecule has 0 fully saturated rings. The zero-order valence-electron chi connectivity index (χ0n) is 8.02. The molecule has 5 heteroatoms. The molecule has 4 nitrogen and oxygen atoms in total. The van der Waals surface area contributed by atoms with Crippen LogP contribution >= 0.6 is 0 Å². The minimum Gasteiger partial charge on any atom is -0.491 e. The summed E-state index contributed by atoms with van der Waals surface area (Å²) in [6, 6.07) is 5.95. The fourth-order valence-corrected chi connectivity index (χ4v) is 1.24. The number of halogens is 1. The summed E-state index contributed by atoms with van der Waals surface area (Å²) in [5.74, 6) is 0.325. The molecule has 1 aromatic rings. The first-order valence-electron chi connectivity index (χ1n) is 4.58. The number of nitrogens with two attached hydrogens (primary N) is 1. The standard InChI is InChI=1S/C10H11FN2O2/c11-7-1-3-9(4-2-7)14-5-8-6-15-10(12)13-8/h1-4,8H,5-6H2,(H2,12,13). The Labute approximate surface area is 86.5 Å². The molecule has 80 valence electrons. The Bertz CT molecular complexity index is 364. The second-order valence-electron chi connectivity index (χ2n) is 3.20. The SMILES string of the molecule is NC1=NC(COc2ccc(F)cc2)CO1. The molecule has 0 bridgehead atoms. The van der Waals surface area contributed by atoms with Crippen molar-refractivity contribution >= 4 is 6.02 Å². The van der Waals surface area contributed by atoms with Gasteiger partial charge < -0.3 is 15.2 Å². The van der Waals surface area contributed by atoms with Crippen LogP contribution in [0.3, 0.4) is 0 Å². The summed E-state index contributed by atoms with van der Waals surface area (Å²) < 4.78 is 22.9. The van der Waals surface area contributed by atoms with Crippen molar-refractivity contribution in [3.05, 3.63) is 30.1 Å². The molecular formula is C10H11FN2O2. The lowest BCUT2D eigenvalue weighted by Crippen LogP contribution is -2.17. The molecule has 0 spiro atoms. The van der Waals surface area contributed by atoms with E-state index >= 15 is 0 Å². The Kier molecular flexibility index (Phi) is 2.71. The van der Waals surface area contributed by atoms with Gasteiger partial charge >= 0.3 is 0 Å². The van der Waals surface area contributed by atoms with E-state index in [0.717, 1.165) is 0 Å². The number of aliphatic imine (C=N–C) groups is 1. The number of nitrogens with zero attached hydrogens (tertiary/aromatic N) is 1. The number of rotatable bonds is 3. The smallest absolute Gasteiger partial charge is 0.282 e. The van der Waals surface area contributed by atoms with Crippen molar-refractivity contribution in [2.45, 2.75) is 6.04 Å². The lowest BCUT2D eigenvalue weighted by molar-refractivity contribution is 0.241. The van der Waals surface area contributed by atoms with Crippen LogP contribution < -0.4 is 10.5 Å². The van der Waals surface area contributed by atoms with Gasteiger partial charge in [0.05, 0.1) is 0 Å². The number of benzene rings is 1. The Hall–Kier alpha value is -1.78. The predicted molar refractivity (Wildman–Crippen MR) is 53.3 cm³/mol. The number of ether oxygens (including phenoxy) is 2. The average molecular weight is 210 g/mol. The van der Waals surface area contributed by atoms with Gasteiger partial charge in [0, 0.05) is 0 Å². The summed E-state index contributed by atoms with van der Waals surface area (Å²) >= 11 is 0. The third-order valence-corrected chi connectivity index (χ3v) is 1.99. The number of hydrogen-bond acceptors (Lipinski definition) is 4. The van der Waals surface area contributed by atoms with Crippen molar-refractivity contribution in [3.8, 4) is 5.75 Å². The van der Waals surface area contributed by atoms with Gasteiger partial charge in [-0.1, -0.05) is 0 Å². The second kappa shape index (κ2) is 4.16. The third-order valence-electron chi connectivity index (χ3n) is 1.99. The molecule has 1 atom stereocenters. The van der Waals surface area contributed by atoms with E-state index in [9.17, 15) is 4.39 Å². The van der Waals surface area contributed by atoms with Crippen LogP contribution in [0.25, 0.3) is 0 Å². The van der Waals surface area contributed by atoms with E-state index in [-0.39, 0.29) is 17.9 Å². The predicted octanol–water partition coefficient (Wildman–Crippen LogP) is 0.918. The minimum absolute atomic E-state index is 0.0740. The van der Waals surface area contributed by atoms with Crippen molar-refractivity contribution in [3.63, 3.8) is 0 Å². The molecule has 0 saturated carbocycles. The van der Waals surface area contributed by atoms with Crippen LogP contribution in [0.2, 0.25) is 0 Å². The maximum atomic E-state index is 12.6. The lowest BCUT2D eigenvalue weighted by Gasteiger charge is -2.07. The van der Waals surface area contributed by atoms with Crippen LogP contribution in [0, 0.1) is 5.82 Å². The molecule has 15 heavy (non-hydrogen) atoms. The molecule has 2 N–H and O–H groups in total. The van der Waals surface area contributed by atoms with Gasteiger partial charge in [-0.15, -0.1) is 0 Å². The lowest BCUT2D eigenvalue weighted by atomic mass is 10.3. The first-order valence-corrected chi connectivity index (χ1v) is 4.58. The van der Waals surface area contributed by atoms with Crippen molar-refractivity contribution in [1.29, 1.82) is 0 Å². The monoisotopic (exact) mass is 210 g/mol.